The highest BCUT2D eigenvalue weighted by molar-refractivity contribution is 5.45. The van der Waals surface area contributed by atoms with Crippen LogP contribution >= 0.6 is 0 Å². The number of hydrogen-bond donors (Lipinski definition) is 0. The Bertz CT molecular complexity index is 396. The molecule has 0 spiro atoms. The Morgan fingerprint density at radius 2 is 1.93 bits per heavy atom. The van der Waals surface area contributed by atoms with Crippen LogP contribution in [-0.2, 0) is 25.7 Å². The summed E-state index contributed by atoms with van der Waals surface area (Å²) in [4.78, 5) is 0. The van der Waals surface area contributed by atoms with Crippen LogP contribution in [0.2, 0.25) is 0 Å². The summed E-state index contributed by atoms with van der Waals surface area (Å²) in [5, 5.41) is 0. The highest BCUT2D eigenvalue weighted by atomic mass is 19.1. The monoisotopic (exact) mass is 194 g/mol. The summed E-state index contributed by atoms with van der Waals surface area (Å²) in [6, 6.07) is 2.03. The lowest BCUT2D eigenvalue weighted by Gasteiger charge is -2.06. The normalized spacial score (nSPS) is 23.7. The summed E-state index contributed by atoms with van der Waals surface area (Å²) in [6.07, 6.45) is 2.70. The summed E-state index contributed by atoms with van der Waals surface area (Å²) < 4.78 is 27.0. The zero-order valence-electron chi connectivity index (χ0n) is 7.95. The first-order chi connectivity index (χ1) is 6.75. The van der Waals surface area contributed by atoms with Crippen molar-refractivity contribution in [3.05, 3.63) is 34.1 Å². The molecule has 0 unspecified atom stereocenters. The maximum atomic E-state index is 13.9. The van der Waals surface area contributed by atoms with Gasteiger partial charge in [-0.25, -0.2) is 8.78 Å². The van der Waals surface area contributed by atoms with E-state index in [1.165, 1.54) is 0 Å². The smallest absolute Gasteiger partial charge is 0.130 e. The van der Waals surface area contributed by atoms with E-state index in [-0.39, 0.29) is 12.2 Å². The second-order valence-corrected chi connectivity index (χ2v) is 4.32. The summed E-state index contributed by atoms with van der Waals surface area (Å²) in [6.45, 7) is 0. The predicted molar refractivity (Wildman–Crippen MR) is 50.7 cm³/mol. The molecule has 1 aromatic carbocycles. The lowest BCUT2D eigenvalue weighted by molar-refractivity contribution is 0.347. The summed E-state index contributed by atoms with van der Waals surface area (Å²) in [5.41, 5.74) is 3.54. The molecule has 0 amide bonds. The average Bonchev–Trinajstić information content (AvgIpc) is 2.71. The molecule has 1 aromatic rings. The predicted octanol–water partition coefficient (Wildman–Crippen LogP) is 2.75. The third-order valence-corrected chi connectivity index (χ3v) is 3.39. The molecule has 2 aliphatic carbocycles. The lowest BCUT2D eigenvalue weighted by atomic mass is 10.0. The van der Waals surface area contributed by atoms with Gasteiger partial charge in [-0.3, -0.25) is 0 Å². The molecule has 0 saturated heterocycles. The van der Waals surface area contributed by atoms with Crippen LogP contribution in [-0.4, -0.2) is 6.17 Å². The molecule has 2 aliphatic rings. The number of fused-ring (bicyclic) bond motifs is 2. The van der Waals surface area contributed by atoms with Crippen LogP contribution in [0.25, 0.3) is 0 Å². The SMILES string of the molecule is Fc1c2c(cc3c1C[C@@H](F)C3)CCC2. The van der Waals surface area contributed by atoms with Gasteiger partial charge in [0, 0.05) is 12.8 Å². The molecule has 3 rings (SSSR count). The first kappa shape index (κ1) is 8.39. The number of aryl methyl sites for hydroxylation is 1. The van der Waals surface area contributed by atoms with Gasteiger partial charge in [0.1, 0.15) is 12.0 Å². The molecule has 0 heterocycles. The molecule has 0 radical (unpaired) electrons. The molecule has 0 aromatic heterocycles. The van der Waals surface area contributed by atoms with Crippen LogP contribution in [0.1, 0.15) is 28.7 Å². The minimum absolute atomic E-state index is 0.102. The van der Waals surface area contributed by atoms with Gasteiger partial charge in [0.15, 0.2) is 0 Å². The van der Waals surface area contributed by atoms with Gasteiger partial charge in [0.25, 0.3) is 0 Å². The molecule has 2 heteroatoms. The van der Waals surface area contributed by atoms with E-state index in [9.17, 15) is 8.78 Å². The third kappa shape index (κ3) is 1.03. The highest BCUT2D eigenvalue weighted by Crippen LogP contribution is 2.34. The van der Waals surface area contributed by atoms with Crippen LogP contribution < -0.4 is 0 Å². The van der Waals surface area contributed by atoms with Gasteiger partial charge in [-0.1, -0.05) is 6.07 Å². The molecule has 0 fully saturated rings. The first-order valence-electron chi connectivity index (χ1n) is 5.22. The van der Waals surface area contributed by atoms with Crippen molar-refractivity contribution in [1.29, 1.82) is 0 Å². The quantitative estimate of drug-likeness (QED) is 0.595. The Labute approximate surface area is 81.9 Å². The summed E-state index contributed by atoms with van der Waals surface area (Å²) >= 11 is 0. The van der Waals surface area contributed by atoms with Gasteiger partial charge in [0.2, 0.25) is 0 Å². The van der Waals surface area contributed by atoms with Gasteiger partial charge in [0.05, 0.1) is 0 Å². The van der Waals surface area contributed by atoms with Crippen LogP contribution in [0, 0.1) is 5.82 Å². The molecule has 14 heavy (non-hydrogen) atoms. The van der Waals surface area contributed by atoms with Crippen molar-refractivity contribution in [1.82, 2.24) is 0 Å². The molecular formula is C12H12F2. The lowest BCUT2D eigenvalue weighted by Crippen LogP contribution is -1.98. The zero-order chi connectivity index (χ0) is 9.71. The second kappa shape index (κ2) is 2.78. The Balaban J connectivity index is 2.19. The van der Waals surface area contributed by atoms with Gasteiger partial charge in [-0.15, -0.1) is 0 Å². The van der Waals surface area contributed by atoms with Gasteiger partial charge in [-0.2, -0.15) is 0 Å². The fourth-order valence-corrected chi connectivity index (χ4v) is 2.73. The summed E-state index contributed by atoms with van der Waals surface area (Å²) in [7, 11) is 0. The third-order valence-electron chi connectivity index (χ3n) is 3.39. The molecule has 0 bridgehead atoms. The maximum absolute atomic E-state index is 13.9. The molecule has 0 aliphatic heterocycles. The van der Waals surface area contributed by atoms with Crippen molar-refractivity contribution in [3.8, 4) is 0 Å². The van der Waals surface area contributed by atoms with Crippen molar-refractivity contribution in [2.24, 2.45) is 0 Å². The first-order valence-corrected chi connectivity index (χ1v) is 5.22. The van der Waals surface area contributed by atoms with Gasteiger partial charge in [-0.05, 0) is 41.5 Å². The molecule has 0 N–H and O–H groups in total. The Kier molecular flexibility index (Phi) is 1.67. The van der Waals surface area contributed by atoms with E-state index >= 15 is 0 Å². The van der Waals surface area contributed by atoms with Crippen LogP contribution in [0.4, 0.5) is 8.78 Å². The second-order valence-electron chi connectivity index (χ2n) is 4.32. The van der Waals surface area contributed by atoms with E-state index in [0.717, 1.165) is 36.0 Å². The number of halogens is 2. The van der Waals surface area contributed by atoms with Crippen LogP contribution in [0.15, 0.2) is 6.07 Å². The van der Waals surface area contributed by atoms with E-state index in [1.54, 1.807) is 0 Å². The Morgan fingerprint density at radius 3 is 2.79 bits per heavy atom. The molecule has 0 saturated carbocycles. The maximum Gasteiger partial charge on any atom is 0.130 e. The van der Waals surface area contributed by atoms with Gasteiger partial charge < -0.3 is 0 Å². The standard InChI is InChI=1S/C12H12F2/c13-9-5-8-4-7-2-1-3-10(7)12(14)11(8)6-9/h4,9H,1-3,5-6H2/t9-/m0/s1. The van der Waals surface area contributed by atoms with E-state index in [2.05, 4.69) is 0 Å². The Morgan fingerprint density at radius 1 is 1.07 bits per heavy atom. The number of hydrogen-bond acceptors (Lipinski definition) is 0. The van der Waals surface area contributed by atoms with Crippen LogP contribution in [0.5, 0.6) is 0 Å². The van der Waals surface area contributed by atoms with Crippen LogP contribution in [0.3, 0.4) is 0 Å². The highest BCUT2D eigenvalue weighted by Gasteiger charge is 2.28. The Hall–Kier alpha value is -0.920. The molecular weight excluding hydrogens is 182 g/mol. The van der Waals surface area contributed by atoms with Crippen molar-refractivity contribution in [2.45, 2.75) is 38.3 Å². The van der Waals surface area contributed by atoms with Crippen molar-refractivity contribution < 1.29 is 8.78 Å². The van der Waals surface area contributed by atoms with Crippen molar-refractivity contribution in [3.63, 3.8) is 0 Å². The van der Waals surface area contributed by atoms with Crippen molar-refractivity contribution in [2.75, 3.05) is 0 Å². The minimum atomic E-state index is -0.859. The van der Waals surface area contributed by atoms with E-state index in [4.69, 9.17) is 0 Å². The molecule has 1 atom stereocenters. The number of alkyl halides is 1. The van der Waals surface area contributed by atoms with Crippen molar-refractivity contribution >= 4 is 0 Å². The molecule has 0 nitrogen and oxygen atoms in total. The van der Waals surface area contributed by atoms with E-state index < -0.39 is 6.17 Å². The minimum Gasteiger partial charge on any atom is -0.247 e. The van der Waals surface area contributed by atoms with E-state index in [0.29, 0.717) is 12.0 Å². The fraction of sp³-hybridized carbons (Fsp3) is 0.500. The molecule has 74 valence electrons. The van der Waals surface area contributed by atoms with Gasteiger partial charge >= 0.3 is 0 Å². The number of benzene rings is 1. The van der Waals surface area contributed by atoms with E-state index in [1.807, 2.05) is 6.07 Å². The topological polar surface area (TPSA) is 0 Å². The average molecular weight is 194 g/mol. The number of rotatable bonds is 0. The largest absolute Gasteiger partial charge is 0.247 e. The fourth-order valence-electron chi connectivity index (χ4n) is 2.73. The zero-order valence-corrected chi connectivity index (χ0v) is 7.95. The summed E-state index contributed by atoms with van der Waals surface area (Å²) in [5.74, 6) is -0.102.